The highest BCUT2D eigenvalue weighted by molar-refractivity contribution is 5.86. The van der Waals surface area contributed by atoms with Crippen LogP contribution in [0.15, 0.2) is 28.8 Å². The Kier molecular flexibility index (Phi) is 4.36. The van der Waals surface area contributed by atoms with Crippen molar-refractivity contribution < 1.29 is 9.32 Å². The molecular weight excluding hydrogens is 254 g/mol. The third-order valence-corrected chi connectivity index (χ3v) is 3.22. The molecule has 0 aliphatic rings. The lowest BCUT2D eigenvalue weighted by Crippen LogP contribution is -2.35. The van der Waals surface area contributed by atoms with E-state index in [0.717, 1.165) is 5.39 Å². The zero-order chi connectivity index (χ0) is 14.5. The van der Waals surface area contributed by atoms with Gasteiger partial charge in [0.2, 0.25) is 5.91 Å². The van der Waals surface area contributed by atoms with Crippen LogP contribution in [0.1, 0.15) is 19.5 Å². The first kappa shape index (κ1) is 14.1. The van der Waals surface area contributed by atoms with Gasteiger partial charge in [0.15, 0.2) is 5.58 Å². The summed E-state index contributed by atoms with van der Waals surface area (Å²) < 4.78 is 5.19. The summed E-state index contributed by atoms with van der Waals surface area (Å²) in [6.45, 7) is 4.74. The molecule has 0 unspecified atom stereocenters. The van der Waals surface area contributed by atoms with Crippen LogP contribution in [0.3, 0.4) is 0 Å². The minimum atomic E-state index is -0.173. The van der Waals surface area contributed by atoms with Crippen molar-refractivity contribution in [2.45, 2.75) is 20.3 Å². The zero-order valence-corrected chi connectivity index (χ0v) is 11.7. The van der Waals surface area contributed by atoms with Gasteiger partial charge in [-0.3, -0.25) is 4.79 Å². The van der Waals surface area contributed by atoms with Crippen molar-refractivity contribution in [1.29, 1.82) is 5.26 Å². The van der Waals surface area contributed by atoms with Gasteiger partial charge in [-0.2, -0.15) is 5.26 Å². The van der Waals surface area contributed by atoms with Crippen LogP contribution in [0, 0.1) is 17.2 Å². The topological polar surface area (TPSA) is 70.1 Å². The summed E-state index contributed by atoms with van der Waals surface area (Å²) in [5.74, 6) is -0.207. The molecular formula is C15H17N3O2. The molecule has 5 nitrogen and oxygen atoms in total. The molecule has 1 aromatic heterocycles. The summed E-state index contributed by atoms with van der Waals surface area (Å²) in [6.07, 6.45) is 0.197. The molecule has 20 heavy (non-hydrogen) atoms. The summed E-state index contributed by atoms with van der Waals surface area (Å²) >= 11 is 0. The van der Waals surface area contributed by atoms with Crippen molar-refractivity contribution in [3.63, 3.8) is 0 Å². The van der Waals surface area contributed by atoms with Gasteiger partial charge in [-0.1, -0.05) is 17.3 Å². The van der Waals surface area contributed by atoms with Gasteiger partial charge in [-0.25, -0.2) is 0 Å². The lowest BCUT2D eigenvalue weighted by molar-refractivity contribution is -0.130. The van der Waals surface area contributed by atoms with Crippen LogP contribution in [0.5, 0.6) is 0 Å². The van der Waals surface area contributed by atoms with Gasteiger partial charge < -0.3 is 9.42 Å². The maximum Gasteiger partial charge on any atom is 0.228 e. The quantitative estimate of drug-likeness (QED) is 0.837. The molecule has 1 aromatic carbocycles. The second-order valence-corrected chi connectivity index (χ2v) is 4.76. The minimum absolute atomic E-state index is 0.0337. The van der Waals surface area contributed by atoms with Crippen LogP contribution in [0.25, 0.3) is 11.0 Å². The Morgan fingerprint density at radius 2 is 2.25 bits per heavy atom. The minimum Gasteiger partial charge on any atom is -0.356 e. The number of hydrogen-bond acceptors (Lipinski definition) is 4. The van der Waals surface area contributed by atoms with Crippen LogP contribution in [-0.4, -0.2) is 29.1 Å². The fourth-order valence-corrected chi connectivity index (χ4v) is 2.10. The van der Waals surface area contributed by atoms with Crippen molar-refractivity contribution in [1.82, 2.24) is 10.1 Å². The molecule has 0 aliphatic heterocycles. The van der Waals surface area contributed by atoms with E-state index >= 15 is 0 Å². The highest BCUT2D eigenvalue weighted by atomic mass is 16.5. The average Bonchev–Trinajstić information content (AvgIpc) is 2.87. The van der Waals surface area contributed by atoms with E-state index in [2.05, 4.69) is 11.2 Å². The van der Waals surface area contributed by atoms with Crippen molar-refractivity contribution in [3.8, 4) is 6.07 Å². The fourth-order valence-electron chi connectivity index (χ4n) is 2.10. The predicted molar refractivity (Wildman–Crippen MR) is 74.7 cm³/mol. The monoisotopic (exact) mass is 271 g/mol. The van der Waals surface area contributed by atoms with E-state index in [9.17, 15) is 4.79 Å². The first-order valence-corrected chi connectivity index (χ1v) is 6.66. The van der Waals surface area contributed by atoms with E-state index in [1.165, 1.54) is 0 Å². The normalized spacial score (nSPS) is 12.1. The Morgan fingerprint density at radius 1 is 1.50 bits per heavy atom. The Bertz CT molecular complexity index is 642. The second kappa shape index (κ2) is 6.20. The van der Waals surface area contributed by atoms with Gasteiger partial charge in [0.1, 0.15) is 5.69 Å². The number of carbonyl (C=O) groups is 1. The predicted octanol–water partition coefficient (Wildman–Crippen LogP) is 2.38. The molecule has 0 saturated carbocycles. The maximum absolute atomic E-state index is 12.3. The van der Waals surface area contributed by atoms with E-state index < -0.39 is 0 Å². The highest BCUT2D eigenvalue weighted by Crippen LogP contribution is 2.18. The summed E-state index contributed by atoms with van der Waals surface area (Å²) in [7, 11) is 0. The Morgan fingerprint density at radius 3 is 2.95 bits per heavy atom. The maximum atomic E-state index is 12.3. The van der Waals surface area contributed by atoms with E-state index in [-0.39, 0.29) is 18.2 Å². The van der Waals surface area contributed by atoms with Crippen LogP contribution in [0.2, 0.25) is 0 Å². The SMILES string of the molecule is CCN(C[C@@H](C)C#N)C(=O)Cc1noc2ccccc12. The number of fused-ring (bicyclic) bond motifs is 1. The van der Waals surface area contributed by atoms with Crippen LogP contribution >= 0.6 is 0 Å². The van der Waals surface area contributed by atoms with Gasteiger partial charge in [0, 0.05) is 18.5 Å². The number of nitriles is 1. The third kappa shape index (κ3) is 2.97. The lowest BCUT2D eigenvalue weighted by Gasteiger charge is -2.21. The van der Waals surface area contributed by atoms with Crippen LogP contribution < -0.4 is 0 Å². The number of hydrogen-bond donors (Lipinski definition) is 0. The van der Waals surface area contributed by atoms with Crippen LogP contribution in [0.4, 0.5) is 0 Å². The van der Waals surface area contributed by atoms with Crippen molar-refractivity contribution in [2.24, 2.45) is 5.92 Å². The first-order chi connectivity index (χ1) is 9.65. The van der Waals surface area contributed by atoms with Gasteiger partial charge in [0.25, 0.3) is 0 Å². The van der Waals surface area contributed by atoms with Crippen molar-refractivity contribution in [3.05, 3.63) is 30.0 Å². The number of para-hydroxylation sites is 1. The molecule has 0 radical (unpaired) electrons. The molecule has 104 valence electrons. The van der Waals surface area contributed by atoms with Crippen LogP contribution in [-0.2, 0) is 11.2 Å². The first-order valence-electron chi connectivity index (χ1n) is 6.66. The van der Waals surface area contributed by atoms with Crippen molar-refractivity contribution in [2.75, 3.05) is 13.1 Å². The number of aromatic nitrogens is 1. The van der Waals surface area contributed by atoms with Gasteiger partial charge in [-0.15, -0.1) is 0 Å². The fraction of sp³-hybridized carbons (Fsp3) is 0.400. The van der Waals surface area contributed by atoms with Gasteiger partial charge >= 0.3 is 0 Å². The highest BCUT2D eigenvalue weighted by Gasteiger charge is 2.18. The Labute approximate surface area is 117 Å². The number of nitrogens with zero attached hydrogens (tertiary/aromatic N) is 3. The number of benzene rings is 1. The molecule has 1 amide bonds. The summed E-state index contributed by atoms with van der Waals surface area (Å²) in [5, 5.41) is 13.7. The lowest BCUT2D eigenvalue weighted by atomic mass is 10.1. The molecule has 2 rings (SSSR count). The number of carbonyl (C=O) groups excluding carboxylic acids is 1. The van der Waals surface area contributed by atoms with E-state index in [1.54, 1.807) is 11.8 Å². The molecule has 1 atom stereocenters. The molecule has 2 aromatic rings. The number of likely N-dealkylation sites (N-methyl/N-ethyl adjacent to an activating group) is 1. The molecule has 5 heteroatoms. The zero-order valence-electron chi connectivity index (χ0n) is 11.7. The molecule has 0 aliphatic carbocycles. The smallest absolute Gasteiger partial charge is 0.228 e. The average molecular weight is 271 g/mol. The summed E-state index contributed by atoms with van der Waals surface area (Å²) in [4.78, 5) is 13.9. The molecule has 0 fully saturated rings. The molecule has 0 N–H and O–H groups in total. The Hall–Kier alpha value is -2.35. The van der Waals surface area contributed by atoms with Gasteiger partial charge in [0.05, 0.1) is 18.4 Å². The molecule has 0 bridgehead atoms. The number of amides is 1. The third-order valence-electron chi connectivity index (χ3n) is 3.22. The molecule has 1 heterocycles. The summed E-state index contributed by atoms with van der Waals surface area (Å²) in [6, 6.07) is 9.62. The largest absolute Gasteiger partial charge is 0.356 e. The van der Waals surface area contributed by atoms with E-state index in [0.29, 0.717) is 24.4 Å². The Balaban J connectivity index is 2.12. The van der Waals surface area contributed by atoms with E-state index in [4.69, 9.17) is 9.78 Å². The van der Waals surface area contributed by atoms with E-state index in [1.807, 2.05) is 31.2 Å². The molecule has 0 saturated heterocycles. The van der Waals surface area contributed by atoms with Crippen molar-refractivity contribution >= 4 is 16.9 Å². The standard InChI is InChI=1S/C15H17N3O2/c1-3-18(10-11(2)9-16)15(19)8-13-12-6-4-5-7-14(12)20-17-13/h4-7,11H,3,8,10H2,1-2H3/t11-/m0/s1. The second-order valence-electron chi connectivity index (χ2n) is 4.76. The van der Waals surface area contributed by atoms with Gasteiger partial charge in [-0.05, 0) is 26.0 Å². The molecule has 0 spiro atoms. The summed E-state index contributed by atoms with van der Waals surface area (Å²) in [5.41, 5.74) is 1.33. The number of rotatable bonds is 5.